The molecule has 6 heteroatoms. The van der Waals surface area contributed by atoms with E-state index in [-0.39, 0.29) is 31.6 Å². The van der Waals surface area contributed by atoms with Gasteiger partial charge in [-0.3, -0.25) is 14.4 Å². The first kappa shape index (κ1) is 64.3. The maximum absolute atomic E-state index is 12.8. The lowest BCUT2D eigenvalue weighted by molar-refractivity contribution is -0.166. The van der Waals surface area contributed by atoms with Gasteiger partial charge in [-0.15, -0.1) is 0 Å². The van der Waals surface area contributed by atoms with Crippen molar-refractivity contribution in [1.82, 2.24) is 0 Å². The summed E-state index contributed by atoms with van der Waals surface area (Å²) in [7, 11) is 0. The predicted molar refractivity (Wildman–Crippen MR) is 293 cm³/mol. The van der Waals surface area contributed by atoms with E-state index in [4.69, 9.17) is 14.2 Å². The number of hydrogen-bond donors (Lipinski definition) is 0. The van der Waals surface area contributed by atoms with Crippen LogP contribution >= 0.6 is 0 Å². The van der Waals surface area contributed by atoms with Gasteiger partial charge in [-0.05, 0) is 103 Å². The van der Waals surface area contributed by atoms with Crippen LogP contribution in [0.3, 0.4) is 0 Å². The standard InChI is InChI=1S/C62H104O6/c1-4-7-10-13-16-19-22-25-28-29-30-31-32-33-35-37-40-43-46-49-52-55-61(64)67-58-59(57-66-60(63)54-51-48-45-42-39-36-27-24-21-18-15-12-9-6-3)68-62(65)56-53-50-47-44-41-38-34-26-23-20-17-14-11-8-5-2/h8,11,17,20,22,24-27,29-30,34,41,44,50,53,59H,4-7,9-10,12-16,18-19,21,23,28,31-33,35-40,42-43,45-49,51-52,54-58H2,1-3H3/b11-8-,20-17-,25-22-,27-24-,30-29-,34-26-,44-41-,53-50-. The molecule has 0 fully saturated rings. The van der Waals surface area contributed by atoms with E-state index < -0.39 is 12.1 Å². The summed E-state index contributed by atoms with van der Waals surface area (Å²) in [5, 5.41) is 0. The average Bonchev–Trinajstić information content (AvgIpc) is 3.34. The molecule has 0 saturated heterocycles. The van der Waals surface area contributed by atoms with Crippen LogP contribution in [0.25, 0.3) is 0 Å². The predicted octanol–water partition coefficient (Wildman–Crippen LogP) is 18.9. The van der Waals surface area contributed by atoms with Crippen molar-refractivity contribution in [3.63, 3.8) is 0 Å². The largest absolute Gasteiger partial charge is 0.462 e. The lowest BCUT2D eigenvalue weighted by Gasteiger charge is -2.18. The Balaban J connectivity index is 4.46. The Morgan fingerprint density at radius 2 is 0.618 bits per heavy atom. The van der Waals surface area contributed by atoms with Gasteiger partial charge in [-0.1, -0.05) is 234 Å². The van der Waals surface area contributed by atoms with Crippen LogP contribution in [-0.4, -0.2) is 37.2 Å². The zero-order valence-electron chi connectivity index (χ0n) is 44.3. The Morgan fingerprint density at radius 1 is 0.324 bits per heavy atom. The zero-order chi connectivity index (χ0) is 49.3. The molecule has 0 aliphatic heterocycles. The van der Waals surface area contributed by atoms with E-state index in [1.54, 1.807) is 6.08 Å². The first-order valence-corrected chi connectivity index (χ1v) is 28.2. The normalized spacial score (nSPS) is 12.8. The van der Waals surface area contributed by atoms with E-state index in [9.17, 15) is 14.4 Å². The fraction of sp³-hybridized carbons (Fsp3) is 0.694. The maximum atomic E-state index is 12.8. The van der Waals surface area contributed by atoms with Gasteiger partial charge in [0.1, 0.15) is 13.2 Å². The molecule has 1 unspecified atom stereocenters. The van der Waals surface area contributed by atoms with Gasteiger partial charge in [0.25, 0.3) is 0 Å². The molecule has 388 valence electrons. The van der Waals surface area contributed by atoms with Crippen molar-refractivity contribution in [2.24, 2.45) is 0 Å². The summed E-state index contributed by atoms with van der Waals surface area (Å²) < 4.78 is 16.7. The van der Waals surface area contributed by atoms with Crippen LogP contribution in [0, 0.1) is 0 Å². The summed E-state index contributed by atoms with van der Waals surface area (Å²) in [4.78, 5) is 38.0. The highest BCUT2D eigenvalue weighted by Crippen LogP contribution is 2.14. The summed E-state index contributed by atoms with van der Waals surface area (Å²) in [5.74, 6) is -1.06. The number of carbonyl (C=O) groups is 3. The van der Waals surface area contributed by atoms with Crippen LogP contribution in [0.4, 0.5) is 0 Å². The van der Waals surface area contributed by atoms with Crippen molar-refractivity contribution in [3.8, 4) is 0 Å². The summed E-state index contributed by atoms with van der Waals surface area (Å²) in [6.45, 7) is 6.41. The summed E-state index contributed by atoms with van der Waals surface area (Å²) in [5.41, 5.74) is 0. The Labute approximate surface area is 419 Å². The SMILES string of the molecule is CC/C=C\C/C=C\C/C=C\C/C=C\C/C=C\CC(=O)OC(COC(=O)CCCCCCC/C=C\CCCCCCC)COC(=O)CCCCCCCCCCC/C=C\C/C=C\CCCCCCC. The van der Waals surface area contributed by atoms with Gasteiger partial charge in [-0.2, -0.15) is 0 Å². The van der Waals surface area contributed by atoms with E-state index >= 15 is 0 Å². The van der Waals surface area contributed by atoms with Gasteiger partial charge in [0, 0.05) is 12.8 Å². The second-order valence-electron chi connectivity index (χ2n) is 18.5. The molecule has 0 aromatic carbocycles. The molecule has 0 aromatic rings. The van der Waals surface area contributed by atoms with E-state index in [0.717, 1.165) is 89.9 Å². The molecule has 0 rings (SSSR count). The Bertz CT molecular complexity index is 1360. The second kappa shape index (κ2) is 55.9. The zero-order valence-corrected chi connectivity index (χ0v) is 44.3. The maximum Gasteiger partial charge on any atom is 0.310 e. The molecular weight excluding hydrogens is 841 g/mol. The highest BCUT2D eigenvalue weighted by molar-refractivity contribution is 5.72. The topological polar surface area (TPSA) is 78.9 Å². The van der Waals surface area contributed by atoms with Crippen LogP contribution in [0.15, 0.2) is 97.2 Å². The molecule has 6 nitrogen and oxygen atoms in total. The summed E-state index contributed by atoms with van der Waals surface area (Å²) >= 11 is 0. The summed E-state index contributed by atoms with van der Waals surface area (Å²) in [6.07, 6.45) is 74.2. The van der Waals surface area contributed by atoms with Crippen molar-refractivity contribution in [2.75, 3.05) is 13.2 Å². The van der Waals surface area contributed by atoms with Crippen molar-refractivity contribution in [3.05, 3.63) is 97.2 Å². The lowest BCUT2D eigenvalue weighted by atomic mass is 10.1. The van der Waals surface area contributed by atoms with Crippen LogP contribution < -0.4 is 0 Å². The molecule has 0 N–H and O–H groups in total. The Kier molecular flexibility index (Phi) is 52.9. The molecule has 0 radical (unpaired) electrons. The molecule has 0 saturated carbocycles. The van der Waals surface area contributed by atoms with E-state index in [2.05, 4.69) is 106 Å². The molecule has 0 spiro atoms. The van der Waals surface area contributed by atoms with Gasteiger partial charge < -0.3 is 14.2 Å². The van der Waals surface area contributed by atoms with E-state index in [0.29, 0.717) is 12.8 Å². The van der Waals surface area contributed by atoms with Crippen molar-refractivity contribution >= 4 is 17.9 Å². The molecule has 0 amide bonds. The first-order chi connectivity index (χ1) is 33.5. The molecular formula is C62H104O6. The van der Waals surface area contributed by atoms with Crippen LogP contribution in [-0.2, 0) is 28.6 Å². The number of esters is 3. The van der Waals surface area contributed by atoms with Crippen molar-refractivity contribution in [1.29, 1.82) is 0 Å². The molecule has 68 heavy (non-hydrogen) atoms. The number of allylic oxidation sites excluding steroid dienone is 15. The second-order valence-corrected chi connectivity index (χ2v) is 18.5. The third-order valence-electron chi connectivity index (χ3n) is 11.8. The van der Waals surface area contributed by atoms with Gasteiger partial charge in [-0.25, -0.2) is 0 Å². The molecule has 0 aromatic heterocycles. The van der Waals surface area contributed by atoms with Crippen LogP contribution in [0.2, 0.25) is 0 Å². The monoisotopic (exact) mass is 945 g/mol. The highest BCUT2D eigenvalue weighted by Gasteiger charge is 2.19. The van der Waals surface area contributed by atoms with Gasteiger partial charge in [0.05, 0.1) is 6.42 Å². The lowest BCUT2D eigenvalue weighted by Crippen LogP contribution is -2.30. The fourth-order valence-corrected chi connectivity index (χ4v) is 7.60. The Hall–Kier alpha value is -3.67. The number of hydrogen-bond acceptors (Lipinski definition) is 6. The quantitative estimate of drug-likeness (QED) is 0.0262. The highest BCUT2D eigenvalue weighted by atomic mass is 16.6. The number of ether oxygens (including phenoxy) is 3. The molecule has 0 heterocycles. The smallest absolute Gasteiger partial charge is 0.310 e. The minimum Gasteiger partial charge on any atom is -0.462 e. The summed E-state index contributed by atoms with van der Waals surface area (Å²) in [6, 6.07) is 0. The molecule has 0 aliphatic carbocycles. The van der Waals surface area contributed by atoms with E-state index in [1.165, 1.54) is 128 Å². The Morgan fingerprint density at radius 3 is 0.985 bits per heavy atom. The van der Waals surface area contributed by atoms with Crippen molar-refractivity contribution in [2.45, 2.75) is 264 Å². The van der Waals surface area contributed by atoms with Crippen LogP contribution in [0.1, 0.15) is 258 Å². The fourth-order valence-electron chi connectivity index (χ4n) is 7.60. The number of unbranched alkanes of at least 4 members (excludes halogenated alkanes) is 24. The van der Waals surface area contributed by atoms with Crippen molar-refractivity contribution < 1.29 is 28.6 Å². The molecule has 0 aliphatic rings. The minimum atomic E-state index is -0.838. The molecule has 1 atom stereocenters. The van der Waals surface area contributed by atoms with Gasteiger partial charge in [0.2, 0.25) is 0 Å². The van der Waals surface area contributed by atoms with E-state index in [1.807, 2.05) is 6.08 Å². The molecule has 0 bridgehead atoms. The van der Waals surface area contributed by atoms with Crippen LogP contribution in [0.5, 0.6) is 0 Å². The van der Waals surface area contributed by atoms with Gasteiger partial charge >= 0.3 is 17.9 Å². The third kappa shape index (κ3) is 53.3. The minimum absolute atomic E-state index is 0.0928. The third-order valence-corrected chi connectivity index (χ3v) is 11.8. The number of rotatable bonds is 50. The van der Waals surface area contributed by atoms with Gasteiger partial charge in [0.15, 0.2) is 6.10 Å². The average molecular weight is 946 g/mol. The number of carbonyl (C=O) groups excluding carboxylic acids is 3. The first-order valence-electron chi connectivity index (χ1n) is 28.2.